The highest BCUT2D eigenvalue weighted by Gasteiger charge is 2.07. The van der Waals surface area contributed by atoms with E-state index in [1.165, 1.54) is 0 Å². The first-order valence-electron chi connectivity index (χ1n) is 6.20. The van der Waals surface area contributed by atoms with Crippen molar-refractivity contribution < 1.29 is 14.3 Å². The summed E-state index contributed by atoms with van der Waals surface area (Å²) in [6.07, 6.45) is 0.290. The zero-order chi connectivity index (χ0) is 14.1. The molecule has 0 atom stereocenters. The number of ether oxygens (including phenoxy) is 1. The van der Waals surface area contributed by atoms with E-state index >= 15 is 0 Å². The molecule has 1 aromatic rings. The largest absolute Gasteiger partial charge is 0.383 e. The summed E-state index contributed by atoms with van der Waals surface area (Å²) in [4.78, 5) is 23.0. The van der Waals surface area contributed by atoms with Crippen molar-refractivity contribution in [2.75, 3.05) is 26.8 Å². The normalized spacial score (nSPS) is 10.0. The third-order valence-corrected chi connectivity index (χ3v) is 2.69. The van der Waals surface area contributed by atoms with Crippen molar-refractivity contribution in [1.29, 1.82) is 0 Å². The molecule has 0 aromatic heterocycles. The Morgan fingerprint density at radius 3 is 2.58 bits per heavy atom. The van der Waals surface area contributed by atoms with Gasteiger partial charge in [-0.2, -0.15) is 0 Å². The van der Waals surface area contributed by atoms with Crippen LogP contribution in [0.3, 0.4) is 0 Å². The molecule has 2 amide bonds. The first kappa shape index (κ1) is 15.2. The van der Waals surface area contributed by atoms with Crippen LogP contribution in [0.4, 0.5) is 0 Å². The first-order valence-corrected chi connectivity index (χ1v) is 6.20. The minimum absolute atomic E-state index is 0.00553. The van der Waals surface area contributed by atoms with Gasteiger partial charge in [0.25, 0.3) is 0 Å². The van der Waals surface area contributed by atoms with Crippen LogP contribution in [-0.4, -0.2) is 38.6 Å². The molecule has 0 saturated heterocycles. The molecule has 0 aliphatic rings. The van der Waals surface area contributed by atoms with Gasteiger partial charge in [0.05, 0.1) is 19.6 Å². The molecule has 0 spiro atoms. The molecule has 2 N–H and O–H groups in total. The average Bonchev–Trinajstić information content (AvgIpc) is 2.39. The maximum Gasteiger partial charge on any atom is 0.239 e. The Morgan fingerprint density at radius 2 is 1.89 bits per heavy atom. The van der Waals surface area contributed by atoms with E-state index in [1.807, 2.05) is 31.2 Å². The molecule has 0 radical (unpaired) electrons. The molecular weight excluding hydrogens is 244 g/mol. The summed E-state index contributed by atoms with van der Waals surface area (Å²) in [5.74, 6) is -0.369. The predicted octanol–water partition coefficient (Wildman–Crippen LogP) is 0.416. The van der Waals surface area contributed by atoms with Crippen molar-refractivity contribution in [3.63, 3.8) is 0 Å². The highest BCUT2D eigenvalue weighted by Crippen LogP contribution is 2.07. The van der Waals surface area contributed by atoms with Gasteiger partial charge in [-0.1, -0.05) is 24.3 Å². The molecule has 1 aromatic carbocycles. The lowest BCUT2D eigenvalue weighted by molar-refractivity contribution is -0.125. The fourth-order valence-electron chi connectivity index (χ4n) is 1.58. The van der Waals surface area contributed by atoms with Crippen LogP contribution in [0.1, 0.15) is 11.1 Å². The highest BCUT2D eigenvalue weighted by atomic mass is 16.5. The van der Waals surface area contributed by atoms with Crippen LogP contribution in [0, 0.1) is 6.92 Å². The molecular formula is C14H20N2O3. The van der Waals surface area contributed by atoms with Crippen LogP contribution >= 0.6 is 0 Å². The number of hydrogen-bond donors (Lipinski definition) is 2. The van der Waals surface area contributed by atoms with Crippen molar-refractivity contribution in [3.05, 3.63) is 35.4 Å². The van der Waals surface area contributed by atoms with Gasteiger partial charge in [-0.25, -0.2) is 0 Å². The molecule has 104 valence electrons. The lowest BCUT2D eigenvalue weighted by Crippen LogP contribution is -2.38. The van der Waals surface area contributed by atoms with Crippen molar-refractivity contribution in [2.24, 2.45) is 0 Å². The van der Waals surface area contributed by atoms with E-state index in [9.17, 15) is 9.59 Å². The number of hydrogen-bond acceptors (Lipinski definition) is 3. The number of aryl methyl sites for hydroxylation is 1. The Kier molecular flexibility index (Phi) is 6.60. The summed E-state index contributed by atoms with van der Waals surface area (Å²) in [5.41, 5.74) is 2.04. The van der Waals surface area contributed by atoms with Crippen LogP contribution < -0.4 is 10.6 Å². The predicted molar refractivity (Wildman–Crippen MR) is 72.8 cm³/mol. The van der Waals surface area contributed by atoms with E-state index in [-0.39, 0.29) is 24.8 Å². The monoisotopic (exact) mass is 264 g/mol. The van der Waals surface area contributed by atoms with Gasteiger partial charge in [0.2, 0.25) is 11.8 Å². The highest BCUT2D eigenvalue weighted by molar-refractivity contribution is 5.85. The topological polar surface area (TPSA) is 67.4 Å². The Balaban J connectivity index is 2.28. The Labute approximate surface area is 113 Å². The summed E-state index contributed by atoms with van der Waals surface area (Å²) in [5, 5.41) is 5.23. The molecule has 19 heavy (non-hydrogen) atoms. The minimum atomic E-state index is -0.213. The summed E-state index contributed by atoms with van der Waals surface area (Å²) >= 11 is 0. The van der Waals surface area contributed by atoms with Crippen molar-refractivity contribution in [3.8, 4) is 0 Å². The Hall–Kier alpha value is -1.88. The molecule has 0 heterocycles. The van der Waals surface area contributed by atoms with Crippen LogP contribution in [0.5, 0.6) is 0 Å². The SMILES string of the molecule is COCCNC(=O)CNC(=O)Cc1ccccc1C. The number of nitrogens with one attached hydrogen (secondary N) is 2. The quantitative estimate of drug-likeness (QED) is 0.701. The fourth-order valence-corrected chi connectivity index (χ4v) is 1.58. The second-order valence-electron chi connectivity index (χ2n) is 4.22. The third-order valence-electron chi connectivity index (χ3n) is 2.69. The number of carbonyl (C=O) groups is 2. The molecule has 0 aliphatic heterocycles. The molecule has 0 unspecified atom stereocenters. The van der Waals surface area contributed by atoms with Crippen LogP contribution in [0.25, 0.3) is 0 Å². The molecule has 0 saturated carbocycles. The summed E-state index contributed by atoms with van der Waals surface area (Å²) in [7, 11) is 1.57. The zero-order valence-corrected chi connectivity index (χ0v) is 11.4. The Morgan fingerprint density at radius 1 is 1.16 bits per heavy atom. The van der Waals surface area contributed by atoms with Gasteiger partial charge < -0.3 is 15.4 Å². The van der Waals surface area contributed by atoms with Gasteiger partial charge in [0.1, 0.15) is 0 Å². The number of benzene rings is 1. The van der Waals surface area contributed by atoms with E-state index in [0.717, 1.165) is 11.1 Å². The van der Waals surface area contributed by atoms with Crippen molar-refractivity contribution >= 4 is 11.8 Å². The van der Waals surface area contributed by atoms with Gasteiger partial charge in [0, 0.05) is 13.7 Å². The molecule has 5 nitrogen and oxygen atoms in total. The van der Waals surface area contributed by atoms with E-state index in [0.29, 0.717) is 13.2 Å². The maximum atomic E-state index is 11.7. The van der Waals surface area contributed by atoms with E-state index in [2.05, 4.69) is 10.6 Å². The smallest absolute Gasteiger partial charge is 0.239 e. The van der Waals surface area contributed by atoms with Gasteiger partial charge in [-0.3, -0.25) is 9.59 Å². The molecule has 1 rings (SSSR count). The number of rotatable bonds is 7. The minimum Gasteiger partial charge on any atom is -0.383 e. The lowest BCUT2D eigenvalue weighted by atomic mass is 10.1. The molecule has 0 bridgehead atoms. The molecule has 5 heteroatoms. The second-order valence-corrected chi connectivity index (χ2v) is 4.22. The second kappa shape index (κ2) is 8.26. The lowest BCUT2D eigenvalue weighted by Gasteiger charge is -2.08. The van der Waals surface area contributed by atoms with Crippen LogP contribution in [-0.2, 0) is 20.7 Å². The summed E-state index contributed by atoms with van der Waals surface area (Å²) in [6.45, 7) is 2.86. The van der Waals surface area contributed by atoms with Crippen LogP contribution in [0.15, 0.2) is 24.3 Å². The van der Waals surface area contributed by atoms with Crippen molar-refractivity contribution in [2.45, 2.75) is 13.3 Å². The standard InChI is InChI=1S/C14H20N2O3/c1-11-5-3-4-6-12(11)9-13(17)16-10-14(18)15-7-8-19-2/h3-6H,7-10H2,1-2H3,(H,15,18)(H,16,17). The molecule has 0 aliphatic carbocycles. The number of amides is 2. The number of carbonyl (C=O) groups excluding carboxylic acids is 2. The first-order chi connectivity index (χ1) is 9.13. The Bertz CT molecular complexity index is 432. The van der Waals surface area contributed by atoms with Gasteiger partial charge >= 0.3 is 0 Å². The van der Waals surface area contributed by atoms with E-state index < -0.39 is 0 Å². The third kappa shape index (κ3) is 6.01. The summed E-state index contributed by atoms with van der Waals surface area (Å²) in [6, 6.07) is 7.70. The van der Waals surface area contributed by atoms with Crippen molar-refractivity contribution in [1.82, 2.24) is 10.6 Å². The van der Waals surface area contributed by atoms with Gasteiger partial charge in [0.15, 0.2) is 0 Å². The van der Waals surface area contributed by atoms with E-state index in [4.69, 9.17) is 4.74 Å². The zero-order valence-electron chi connectivity index (χ0n) is 11.4. The number of methoxy groups -OCH3 is 1. The van der Waals surface area contributed by atoms with Gasteiger partial charge in [-0.05, 0) is 18.1 Å². The van der Waals surface area contributed by atoms with Gasteiger partial charge in [-0.15, -0.1) is 0 Å². The fraction of sp³-hybridized carbons (Fsp3) is 0.429. The molecule has 0 fully saturated rings. The van der Waals surface area contributed by atoms with Crippen LogP contribution in [0.2, 0.25) is 0 Å². The maximum absolute atomic E-state index is 11.7. The summed E-state index contributed by atoms with van der Waals surface area (Å²) < 4.78 is 4.81. The average molecular weight is 264 g/mol. The van der Waals surface area contributed by atoms with E-state index in [1.54, 1.807) is 7.11 Å².